The van der Waals surface area contributed by atoms with Gasteiger partial charge in [-0.15, -0.1) is 34.0 Å². The number of furan rings is 1. The molecule has 0 N–H and O–H groups in total. The van der Waals surface area contributed by atoms with Crippen LogP contribution in [0, 0.1) is 0 Å². The van der Waals surface area contributed by atoms with Crippen LogP contribution in [0.4, 0.5) is 0 Å². The third-order valence-corrected chi connectivity index (χ3v) is 29.2. The number of rotatable bonds is 10. The first-order chi connectivity index (χ1) is 63.5. The first-order valence-electron chi connectivity index (χ1n) is 42.9. The maximum atomic E-state index is 6.49. The third-order valence-electron chi connectivity index (χ3n) is 25.5. The molecule has 11 nitrogen and oxygen atoms in total. The van der Waals surface area contributed by atoms with Crippen molar-refractivity contribution in [2.24, 2.45) is 0 Å². The van der Waals surface area contributed by atoms with Crippen molar-refractivity contribution < 1.29 is 4.42 Å². The second kappa shape index (κ2) is 28.6. The fourth-order valence-corrected chi connectivity index (χ4v) is 23.6. The maximum absolute atomic E-state index is 6.49. The molecule has 0 aliphatic carbocycles. The van der Waals surface area contributed by atoms with Gasteiger partial charge in [-0.05, 0) is 121 Å². The van der Waals surface area contributed by atoms with E-state index in [1.807, 2.05) is 143 Å². The van der Waals surface area contributed by atoms with Gasteiger partial charge in [0.2, 0.25) is 0 Å². The third kappa shape index (κ3) is 11.2. The van der Waals surface area contributed by atoms with Crippen LogP contribution in [0.3, 0.4) is 0 Å². The lowest BCUT2D eigenvalue weighted by molar-refractivity contribution is 0.669. The van der Waals surface area contributed by atoms with E-state index in [9.17, 15) is 0 Å². The van der Waals surface area contributed by atoms with Gasteiger partial charge < -0.3 is 22.7 Å². The Morgan fingerprint density at radius 1 is 0.188 bits per heavy atom. The molecule has 0 saturated carbocycles. The fraction of sp³-hybridized carbons (Fsp3) is 0. The number of hydrogen-bond donors (Lipinski definition) is 0. The van der Waals surface area contributed by atoms with Gasteiger partial charge in [0.25, 0.3) is 0 Å². The van der Waals surface area contributed by atoms with Gasteiger partial charge >= 0.3 is 0 Å². The summed E-state index contributed by atoms with van der Waals surface area (Å²) in [6, 6.07) is 143. The zero-order valence-electron chi connectivity index (χ0n) is 68.2. The molecule has 0 amide bonds. The summed E-state index contributed by atoms with van der Waals surface area (Å²) >= 11 is 5.58. The van der Waals surface area contributed by atoms with Crippen LogP contribution in [0.5, 0.6) is 0 Å². The van der Waals surface area contributed by atoms with Gasteiger partial charge in [-0.3, -0.25) is 0 Å². The molecule has 0 bridgehead atoms. The Balaban J connectivity index is 0.000000132. The van der Waals surface area contributed by atoms with Crippen molar-refractivity contribution in [2.75, 3.05) is 0 Å². The molecule has 18 aromatic carbocycles. The zero-order valence-corrected chi connectivity index (χ0v) is 70.7. The Morgan fingerprint density at radius 2 is 0.523 bits per heavy atom. The molecule has 10 heterocycles. The van der Waals surface area contributed by atoms with Gasteiger partial charge in [0, 0.05) is 151 Å². The van der Waals surface area contributed by atoms with Crippen LogP contribution in [0.15, 0.2) is 405 Å². The van der Waals surface area contributed by atoms with Gasteiger partial charge in [-0.25, -0.2) is 29.9 Å². The van der Waals surface area contributed by atoms with E-state index in [0.29, 0.717) is 34.9 Å². The minimum absolute atomic E-state index is 0.606. The van der Waals surface area contributed by atoms with Crippen molar-refractivity contribution in [1.29, 1.82) is 0 Å². The van der Waals surface area contributed by atoms with E-state index in [0.717, 1.165) is 93.8 Å². The Morgan fingerprint density at radius 3 is 1.02 bits per heavy atom. The fourth-order valence-electron chi connectivity index (χ4n) is 19.8. The Kier molecular flexibility index (Phi) is 16.1. The van der Waals surface area contributed by atoms with Crippen molar-refractivity contribution in [3.63, 3.8) is 0 Å². The largest absolute Gasteiger partial charge is 0.456 e. The van der Waals surface area contributed by atoms with Crippen LogP contribution < -0.4 is 0 Å². The SMILES string of the molecule is c1ccc(-c2nc(-c3ccccc3)nc(-c3ccc4oc5ccc(-n6c7ccccc7c7cc(-n8c9ccccc9c9ccc%10c%11ccccc%11sc%10c98)ccc76)cc5c4c3)n2)cc1.c1ccc(-c2nc(-c3ccccc3)nc(-c3cccc4c3sc3c(-n5c6ccccc6c6cc(-n7c8ccccc8c8ccc9c%10ccccc%10sc9c87)ccc65)cccc34)n2)cc1. The lowest BCUT2D eigenvalue weighted by atomic mass is 10.1. The molecule has 0 spiro atoms. The molecule has 14 heteroatoms. The average Bonchev–Trinajstić information content (AvgIpc) is 1.56. The minimum Gasteiger partial charge on any atom is -0.456 e. The number of para-hydroxylation sites is 4. The van der Waals surface area contributed by atoms with Gasteiger partial charge in [0.1, 0.15) is 11.2 Å². The highest BCUT2D eigenvalue weighted by molar-refractivity contribution is 7.27. The van der Waals surface area contributed by atoms with E-state index in [2.05, 4.69) is 309 Å². The number of aromatic nitrogens is 10. The average molecular weight is 1690 g/mol. The highest BCUT2D eigenvalue weighted by Crippen LogP contribution is 2.50. The molecular formula is C114H66N10OS3. The monoisotopic (exact) mass is 1690 g/mol. The summed E-state index contributed by atoms with van der Waals surface area (Å²) in [7, 11) is 0. The second-order valence-corrected chi connectivity index (χ2v) is 35.8. The summed E-state index contributed by atoms with van der Waals surface area (Å²) in [4.78, 5) is 30.2. The number of thiophene rings is 3. The summed E-state index contributed by atoms with van der Waals surface area (Å²) in [6.45, 7) is 0. The molecule has 0 fully saturated rings. The molecular weight excluding hydrogens is 1620 g/mol. The standard InChI is InChI=1S/C57H33N5OS.C57H33N5S2/c1-3-13-34(14-4-1)55-58-56(35-15-5-2-6-16-35)60-57(59-55)36-23-29-50-45(31-36)46-33-37(25-30-51(46)63-50)61-47-20-10-8-18-40(47)44-32-38(24-28-49(44)61)62-48-21-11-7-17-39(48)42-26-27-43-41-19-9-12-22-52(41)64-54(43)53(42)62;1-3-15-34(16-4-1)55-58-56(35-17-5-2-6-18-35)60-57(59-55)44-24-13-22-41-42-23-14-27-49(53(42)64-52(41)44)62-47-26-11-8-20-38(47)45-33-36(29-32-48(45)62)61-46-25-10-7-19-37(46)40-30-31-43-39-21-9-12-28-50(39)63-54(43)51(40)61/h2*1-33H. The van der Waals surface area contributed by atoms with E-state index < -0.39 is 0 Å². The van der Waals surface area contributed by atoms with Gasteiger partial charge in [-0.2, -0.15) is 0 Å². The summed E-state index contributed by atoms with van der Waals surface area (Å²) < 4.78 is 23.9. The molecule has 0 unspecified atom stereocenters. The molecule has 0 atom stereocenters. The van der Waals surface area contributed by atoms with E-state index in [1.165, 1.54) is 132 Å². The molecule has 0 aliphatic rings. The van der Waals surface area contributed by atoms with Crippen molar-refractivity contribution in [1.82, 2.24) is 48.2 Å². The quantitative estimate of drug-likeness (QED) is 0.134. The second-order valence-electron chi connectivity index (χ2n) is 32.7. The molecule has 10 aromatic heterocycles. The molecule has 0 radical (unpaired) electrons. The van der Waals surface area contributed by atoms with E-state index in [-0.39, 0.29) is 0 Å². The first kappa shape index (κ1) is 72.1. The molecule has 0 aliphatic heterocycles. The van der Waals surface area contributed by atoms with Crippen molar-refractivity contribution >= 4 is 204 Å². The number of hydrogen-bond acceptors (Lipinski definition) is 10. The summed E-state index contributed by atoms with van der Waals surface area (Å²) in [5.41, 5.74) is 21.3. The predicted octanol–water partition coefficient (Wildman–Crippen LogP) is 31.1. The number of benzene rings is 18. The van der Waals surface area contributed by atoms with Crippen molar-refractivity contribution in [3.8, 4) is 91.1 Å². The molecule has 128 heavy (non-hydrogen) atoms. The van der Waals surface area contributed by atoms with Crippen LogP contribution in [0.2, 0.25) is 0 Å². The van der Waals surface area contributed by atoms with Crippen molar-refractivity contribution in [3.05, 3.63) is 400 Å². The molecule has 0 saturated heterocycles. The maximum Gasteiger partial charge on any atom is 0.165 e. The molecule has 28 aromatic rings. The lowest BCUT2D eigenvalue weighted by Crippen LogP contribution is -2.00. The van der Waals surface area contributed by atoms with Gasteiger partial charge in [0.15, 0.2) is 34.9 Å². The van der Waals surface area contributed by atoms with Crippen molar-refractivity contribution in [2.45, 2.75) is 0 Å². The molecule has 596 valence electrons. The van der Waals surface area contributed by atoms with Crippen LogP contribution >= 0.6 is 34.0 Å². The van der Waals surface area contributed by atoms with E-state index in [4.69, 9.17) is 34.3 Å². The van der Waals surface area contributed by atoms with Crippen LogP contribution in [0.25, 0.3) is 261 Å². The molecule has 28 rings (SSSR count). The number of fused-ring (bicyclic) bond motifs is 26. The predicted molar refractivity (Wildman–Crippen MR) is 536 cm³/mol. The van der Waals surface area contributed by atoms with Crippen LogP contribution in [0.1, 0.15) is 0 Å². The normalized spacial score (nSPS) is 12.1. The highest BCUT2D eigenvalue weighted by Gasteiger charge is 2.27. The Hall–Kier alpha value is -16.4. The topological polar surface area (TPSA) is 110 Å². The van der Waals surface area contributed by atoms with Crippen LogP contribution in [-0.2, 0) is 0 Å². The summed E-state index contributed by atoms with van der Waals surface area (Å²) in [6.07, 6.45) is 0. The minimum atomic E-state index is 0.606. The Labute approximate surface area is 742 Å². The smallest absolute Gasteiger partial charge is 0.165 e. The van der Waals surface area contributed by atoms with Gasteiger partial charge in [-0.1, -0.05) is 279 Å². The van der Waals surface area contributed by atoms with Crippen LogP contribution in [-0.4, -0.2) is 48.2 Å². The van der Waals surface area contributed by atoms with E-state index >= 15 is 0 Å². The number of nitrogens with zero attached hydrogens (tertiary/aromatic N) is 10. The van der Waals surface area contributed by atoms with E-state index in [1.54, 1.807) is 0 Å². The summed E-state index contributed by atoms with van der Waals surface area (Å²) in [5, 5.41) is 19.5. The lowest BCUT2D eigenvalue weighted by Gasteiger charge is -2.11. The zero-order chi connectivity index (χ0) is 83.8. The summed E-state index contributed by atoms with van der Waals surface area (Å²) in [5.74, 6) is 3.84. The first-order valence-corrected chi connectivity index (χ1v) is 45.3. The Bertz CT molecular complexity index is 9370. The van der Waals surface area contributed by atoms with Gasteiger partial charge in [0.05, 0.1) is 63.9 Å². The highest BCUT2D eigenvalue weighted by atomic mass is 32.1.